The molecule has 0 aliphatic heterocycles. The summed E-state index contributed by atoms with van der Waals surface area (Å²) in [6.07, 6.45) is 3.65. The number of carbonyl (C=O) groups excluding carboxylic acids is 1. The number of fused-ring (bicyclic) bond motifs is 1. The summed E-state index contributed by atoms with van der Waals surface area (Å²) in [7, 11) is 3.50. The van der Waals surface area contributed by atoms with E-state index in [4.69, 9.17) is 21.4 Å². The summed E-state index contributed by atoms with van der Waals surface area (Å²) in [6.45, 7) is 2.39. The van der Waals surface area contributed by atoms with Gasteiger partial charge in [0, 0.05) is 47.3 Å². The molecule has 0 aliphatic carbocycles. The summed E-state index contributed by atoms with van der Waals surface area (Å²) in [4.78, 5) is 13.3. The lowest BCUT2D eigenvalue weighted by Gasteiger charge is -2.14. The molecule has 2 N–H and O–H groups in total. The Kier molecular flexibility index (Phi) is 6.45. The Bertz CT molecular complexity index is 1560. The third-order valence-electron chi connectivity index (χ3n) is 5.92. The first kappa shape index (κ1) is 23.6. The molecule has 0 bridgehead atoms. The minimum absolute atomic E-state index is 0.395. The average Bonchev–Trinajstić information content (AvgIpc) is 3.45. The standard InChI is InChI=1S/C27H25ClN6O2/c1-17-25(19-14-29-33(2)15-19)32-34(20-7-5-4-6-8-20)26(17)31-27(35)30-24-12-11-23(28)21-10-9-18(16-36-3)13-22(21)24/h4-15H,16H2,1-3H3,(H2,30,31,35). The van der Waals surface area contributed by atoms with Gasteiger partial charge < -0.3 is 10.1 Å². The topological polar surface area (TPSA) is 86.0 Å². The third-order valence-corrected chi connectivity index (χ3v) is 6.25. The molecule has 5 rings (SSSR count). The molecule has 2 aromatic heterocycles. The van der Waals surface area contributed by atoms with Gasteiger partial charge in [-0.1, -0.05) is 41.9 Å². The molecule has 0 saturated carbocycles. The molecule has 0 fully saturated rings. The van der Waals surface area contributed by atoms with Crippen LogP contribution in [-0.4, -0.2) is 32.7 Å². The van der Waals surface area contributed by atoms with Crippen molar-refractivity contribution in [1.29, 1.82) is 0 Å². The van der Waals surface area contributed by atoms with Crippen LogP contribution in [0, 0.1) is 6.92 Å². The quantitative estimate of drug-likeness (QED) is 0.291. The zero-order valence-electron chi connectivity index (χ0n) is 20.1. The van der Waals surface area contributed by atoms with Crippen LogP contribution in [0.2, 0.25) is 5.02 Å². The molecule has 0 unspecified atom stereocenters. The summed E-state index contributed by atoms with van der Waals surface area (Å²) >= 11 is 6.42. The number of aryl methyl sites for hydroxylation is 1. The van der Waals surface area contributed by atoms with Gasteiger partial charge in [-0.3, -0.25) is 10.00 Å². The third kappa shape index (κ3) is 4.56. The van der Waals surface area contributed by atoms with Crippen LogP contribution in [0.1, 0.15) is 11.1 Å². The lowest BCUT2D eigenvalue weighted by molar-refractivity contribution is 0.185. The van der Waals surface area contributed by atoms with Gasteiger partial charge in [0.1, 0.15) is 11.5 Å². The highest BCUT2D eigenvalue weighted by molar-refractivity contribution is 6.36. The zero-order valence-corrected chi connectivity index (χ0v) is 20.9. The van der Waals surface area contributed by atoms with Crippen LogP contribution in [-0.2, 0) is 18.4 Å². The van der Waals surface area contributed by atoms with E-state index in [0.29, 0.717) is 23.1 Å². The van der Waals surface area contributed by atoms with E-state index >= 15 is 0 Å². The molecular weight excluding hydrogens is 476 g/mol. The number of urea groups is 1. The molecule has 2 heterocycles. The van der Waals surface area contributed by atoms with Gasteiger partial charge in [-0.05, 0) is 42.8 Å². The predicted octanol–water partition coefficient (Wildman–Crippen LogP) is 6.18. The summed E-state index contributed by atoms with van der Waals surface area (Å²) in [6, 6.07) is 18.7. The van der Waals surface area contributed by atoms with E-state index in [-0.39, 0.29) is 0 Å². The lowest BCUT2D eigenvalue weighted by atomic mass is 10.1. The van der Waals surface area contributed by atoms with Gasteiger partial charge in [0.2, 0.25) is 0 Å². The fourth-order valence-corrected chi connectivity index (χ4v) is 4.43. The van der Waals surface area contributed by atoms with Crippen LogP contribution in [0.15, 0.2) is 73.1 Å². The first-order valence-electron chi connectivity index (χ1n) is 11.4. The van der Waals surface area contributed by atoms with E-state index in [0.717, 1.165) is 38.8 Å². The van der Waals surface area contributed by atoms with E-state index in [9.17, 15) is 4.79 Å². The van der Waals surface area contributed by atoms with Crippen LogP contribution >= 0.6 is 11.6 Å². The number of hydrogen-bond acceptors (Lipinski definition) is 4. The second-order valence-electron chi connectivity index (χ2n) is 8.46. The van der Waals surface area contributed by atoms with Crippen molar-refractivity contribution in [3.8, 4) is 16.9 Å². The van der Waals surface area contributed by atoms with Crippen molar-refractivity contribution in [3.63, 3.8) is 0 Å². The molecule has 2 amide bonds. The second kappa shape index (κ2) is 9.85. The highest BCUT2D eigenvalue weighted by Crippen LogP contribution is 2.33. The van der Waals surface area contributed by atoms with Gasteiger partial charge in [-0.2, -0.15) is 10.2 Å². The van der Waals surface area contributed by atoms with E-state index in [2.05, 4.69) is 15.7 Å². The number of nitrogens with one attached hydrogen (secondary N) is 2. The lowest BCUT2D eigenvalue weighted by Crippen LogP contribution is -2.22. The molecule has 36 heavy (non-hydrogen) atoms. The smallest absolute Gasteiger partial charge is 0.324 e. The molecule has 182 valence electrons. The van der Waals surface area contributed by atoms with Gasteiger partial charge >= 0.3 is 6.03 Å². The van der Waals surface area contributed by atoms with E-state index in [1.807, 2.05) is 68.7 Å². The number of hydrogen-bond donors (Lipinski definition) is 2. The van der Waals surface area contributed by atoms with E-state index in [1.54, 1.807) is 34.8 Å². The van der Waals surface area contributed by atoms with Gasteiger partial charge in [0.05, 0.1) is 24.2 Å². The molecule has 0 aliphatic rings. The van der Waals surface area contributed by atoms with Crippen LogP contribution in [0.3, 0.4) is 0 Å². The largest absolute Gasteiger partial charge is 0.380 e. The molecular formula is C27H25ClN6O2. The Morgan fingerprint density at radius 1 is 1.06 bits per heavy atom. The Hall–Kier alpha value is -4.14. The number of carbonyl (C=O) groups is 1. The number of anilines is 2. The number of methoxy groups -OCH3 is 1. The number of halogens is 1. The number of para-hydroxylation sites is 1. The number of rotatable bonds is 6. The molecule has 5 aromatic rings. The average molecular weight is 501 g/mol. The molecule has 3 aromatic carbocycles. The SMILES string of the molecule is COCc1ccc2c(Cl)ccc(NC(=O)Nc3c(C)c(-c4cnn(C)c4)nn3-c3ccccc3)c2c1. The van der Waals surface area contributed by atoms with E-state index in [1.165, 1.54) is 0 Å². The van der Waals surface area contributed by atoms with Gasteiger partial charge in [0.15, 0.2) is 0 Å². The fourth-order valence-electron chi connectivity index (χ4n) is 4.20. The fraction of sp³-hybridized carbons (Fsp3) is 0.148. The van der Waals surface area contributed by atoms with Crippen molar-refractivity contribution < 1.29 is 9.53 Å². The molecule has 9 heteroatoms. The van der Waals surface area contributed by atoms with E-state index < -0.39 is 6.03 Å². The van der Waals surface area contributed by atoms with Gasteiger partial charge in [-0.25, -0.2) is 9.48 Å². The molecule has 0 saturated heterocycles. The van der Waals surface area contributed by atoms with Crippen molar-refractivity contribution in [2.75, 3.05) is 17.7 Å². The van der Waals surface area contributed by atoms with Crippen LogP contribution in [0.25, 0.3) is 27.7 Å². The van der Waals surface area contributed by atoms with Gasteiger partial charge in [0.25, 0.3) is 0 Å². The highest BCUT2D eigenvalue weighted by Gasteiger charge is 2.20. The first-order chi connectivity index (χ1) is 17.4. The molecule has 8 nitrogen and oxygen atoms in total. The first-order valence-corrected chi connectivity index (χ1v) is 11.7. The maximum Gasteiger partial charge on any atom is 0.324 e. The van der Waals surface area contributed by atoms with Crippen molar-refractivity contribution in [1.82, 2.24) is 19.6 Å². The van der Waals surface area contributed by atoms with Crippen LogP contribution in [0.5, 0.6) is 0 Å². The van der Waals surface area contributed by atoms with Crippen molar-refractivity contribution in [3.05, 3.63) is 89.2 Å². The van der Waals surface area contributed by atoms with Crippen molar-refractivity contribution in [2.45, 2.75) is 13.5 Å². The molecule has 0 atom stereocenters. The minimum atomic E-state index is -0.395. The normalized spacial score (nSPS) is 11.1. The van der Waals surface area contributed by atoms with Crippen LogP contribution < -0.4 is 10.6 Å². The maximum absolute atomic E-state index is 13.3. The zero-order chi connectivity index (χ0) is 25.2. The Morgan fingerprint density at radius 2 is 1.86 bits per heavy atom. The Balaban J connectivity index is 1.51. The maximum atomic E-state index is 13.3. The molecule has 0 radical (unpaired) electrons. The summed E-state index contributed by atoms with van der Waals surface area (Å²) in [5.41, 5.74) is 4.87. The number of aromatic nitrogens is 4. The predicted molar refractivity (Wildman–Crippen MR) is 143 cm³/mol. The second-order valence-corrected chi connectivity index (χ2v) is 8.87. The van der Waals surface area contributed by atoms with Gasteiger partial charge in [-0.15, -0.1) is 0 Å². The summed E-state index contributed by atoms with van der Waals surface area (Å²) < 4.78 is 8.72. The summed E-state index contributed by atoms with van der Waals surface area (Å²) in [5.74, 6) is 0.566. The Labute approximate surface area is 213 Å². The monoisotopic (exact) mass is 500 g/mol. The number of nitrogens with zero attached hydrogens (tertiary/aromatic N) is 4. The van der Waals surface area contributed by atoms with Crippen molar-refractivity contribution >= 4 is 39.9 Å². The van der Waals surface area contributed by atoms with Crippen molar-refractivity contribution in [2.24, 2.45) is 7.05 Å². The summed E-state index contributed by atoms with van der Waals surface area (Å²) in [5, 5.41) is 17.3. The minimum Gasteiger partial charge on any atom is -0.380 e. The number of ether oxygens (including phenoxy) is 1. The number of amides is 2. The highest BCUT2D eigenvalue weighted by atomic mass is 35.5. The number of benzene rings is 3. The molecule has 0 spiro atoms. The van der Waals surface area contributed by atoms with Crippen LogP contribution in [0.4, 0.5) is 16.3 Å². The Morgan fingerprint density at radius 3 is 2.58 bits per heavy atom.